The van der Waals surface area contributed by atoms with Gasteiger partial charge in [0, 0.05) is 50.9 Å². The summed E-state index contributed by atoms with van der Waals surface area (Å²) < 4.78 is 93.2. The first-order valence-electron chi connectivity index (χ1n) is 38.5. The molecule has 0 bridgehead atoms. The molecule has 10 fully saturated rings. The molecule has 0 aliphatic heterocycles. The third-order valence-corrected chi connectivity index (χ3v) is 28.4. The zero-order chi connectivity index (χ0) is 73.2. The monoisotopic (exact) mass is 1410 g/mol. The van der Waals surface area contributed by atoms with E-state index in [1.54, 1.807) is 5.57 Å². The fourth-order valence-corrected chi connectivity index (χ4v) is 23.6. The maximum atomic E-state index is 12.1. The third kappa shape index (κ3) is 17.8. The summed E-state index contributed by atoms with van der Waals surface area (Å²) >= 11 is 0. The van der Waals surface area contributed by atoms with Gasteiger partial charge < -0.3 is 15.3 Å². The molecule has 0 saturated heterocycles. The smallest absolute Gasteiger partial charge is 0.385 e. The molecule has 19 atom stereocenters. The maximum absolute atomic E-state index is 12.1. The summed E-state index contributed by atoms with van der Waals surface area (Å²) in [5.74, 6) is 9.57. The van der Waals surface area contributed by atoms with Crippen LogP contribution in [0.15, 0.2) is 132 Å². The van der Waals surface area contributed by atoms with Crippen molar-refractivity contribution in [2.45, 2.75) is 264 Å². The molecule has 556 valence electrons. The summed E-state index contributed by atoms with van der Waals surface area (Å²) in [5, 5.41) is 35.3. The van der Waals surface area contributed by atoms with E-state index in [1.165, 1.54) is 92.9 Å². The summed E-state index contributed by atoms with van der Waals surface area (Å²) in [7, 11) is 0. The highest BCUT2D eigenvalue weighted by Gasteiger charge is 2.65. The van der Waals surface area contributed by atoms with E-state index in [1.807, 2.05) is 18.2 Å². The van der Waals surface area contributed by atoms with Crippen LogP contribution in [0.25, 0.3) is 18.2 Å². The van der Waals surface area contributed by atoms with Crippen LogP contribution in [-0.2, 0) is 9.59 Å². The van der Waals surface area contributed by atoms with Crippen molar-refractivity contribution in [3.8, 4) is 0 Å². The van der Waals surface area contributed by atoms with Crippen LogP contribution in [0.4, 0.5) is 39.5 Å². The van der Waals surface area contributed by atoms with Crippen LogP contribution < -0.4 is 0 Å². The van der Waals surface area contributed by atoms with Crippen molar-refractivity contribution in [2.24, 2.45) is 92.7 Å². The Hall–Kier alpha value is -5.05. The number of allylic oxidation sites excluding steroid dienone is 4. The Morgan fingerprint density at radius 1 is 0.465 bits per heavy atom. The van der Waals surface area contributed by atoms with E-state index in [9.17, 15) is 64.4 Å². The van der Waals surface area contributed by atoms with Gasteiger partial charge in [0.15, 0.2) is 5.78 Å². The molecule has 101 heavy (non-hydrogen) atoms. The maximum Gasteiger partial charge on any atom is 0.386 e. The first kappa shape index (κ1) is 78.5. The number of hydrogen-bond acceptors (Lipinski definition) is 5. The van der Waals surface area contributed by atoms with Gasteiger partial charge in [-0.3, -0.25) is 9.59 Å². The van der Waals surface area contributed by atoms with Gasteiger partial charge in [-0.15, -0.1) is 0 Å². The Morgan fingerprint density at radius 2 is 0.960 bits per heavy atom. The molecule has 12 aliphatic carbocycles. The summed E-state index contributed by atoms with van der Waals surface area (Å²) in [5.41, 5.74) is 6.92. The van der Waals surface area contributed by atoms with E-state index < -0.39 is 35.3 Å². The Bertz CT molecular complexity index is 3400. The lowest BCUT2D eigenvalue weighted by molar-refractivity contribution is -0.148. The zero-order valence-corrected chi connectivity index (χ0v) is 61.3. The molecule has 0 aromatic heterocycles. The Labute approximate surface area is 596 Å². The van der Waals surface area contributed by atoms with Crippen LogP contribution in [0, 0.1) is 92.7 Å². The van der Waals surface area contributed by atoms with Gasteiger partial charge in [0.1, 0.15) is 5.78 Å². The minimum Gasteiger partial charge on any atom is -0.385 e. The molecule has 0 amide bonds. The average molecular weight is 1410 g/mol. The molecule has 0 spiro atoms. The Kier molecular flexibility index (Phi) is 24.2. The molecule has 5 nitrogen and oxygen atoms in total. The second-order valence-corrected chi connectivity index (χ2v) is 34.1. The quantitative estimate of drug-likeness (QED) is 0.205. The van der Waals surface area contributed by atoms with Crippen molar-refractivity contribution < 1.29 is 64.4 Å². The van der Waals surface area contributed by atoms with Gasteiger partial charge in [0.25, 0.3) is 0 Å². The van der Waals surface area contributed by atoms with Gasteiger partial charge in [0.05, 0.1) is 16.8 Å². The van der Waals surface area contributed by atoms with E-state index >= 15 is 0 Å². The highest BCUT2D eigenvalue weighted by atomic mass is 19.4. The van der Waals surface area contributed by atoms with Crippen LogP contribution in [0.5, 0.6) is 0 Å². The fraction of sp³-hybridized carbons (Fsp3) is 0.655. The van der Waals surface area contributed by atoms with E-state index in [-0.39, 0.29) is 31.6 Å². The molecule has 10 saturated carbocycles. The molecule has 3 N–H and O–H groups in total. The van der Waals surface area contributed by atoms with Gasteiger partial charge in [-0.2, -0.15) is 39.5 Å². The van der Waals surface area contributed by atoms with Crippen molar-refractivity contribution in [1.29, 1.82) is 0 Å². The van der Waals surface area contributed by atoms with Crippen molar-refractivity contribution in [1.82, 2.24) is 0 Å². The summed E-state index contributed by atoms with van der Waals surface area (Å²) in [4.78, 5) is 24.0. The molecule has 16 unspecified atom stereocenters. The summed E-state index contributed by atoms with van der Waals surface area (Å²) in [6, 6.07) is 31.2. The lowest BCUT2D eigenvalue weighted by atomic mass is 9.44. The number of halogens is 9. The van der Waals surface area contributed by atoms with Gasteiger partial charge in [-0.05, 0) is 263 Å². The van der Waals surface area contributed by atoms with Crippen molar-refractivity contribution in [2.75, 3.05) is 0 Å². The predicted molar refractivity (Wildman–Crippen MR) is 386 cm³/mol. The number of hydrogen-bond donors (Lipinski definition) is 3. The topological polar surface area (TPSA) is 94.8 Å². The number of fused-ring (bicyclic) bond motifs is 14. The predicted octanol–water partition coefficient (Wildman–Crippen LogP) is 23.5. The van der Waals surface area contributed by atoms with Gasteiger partial charge in [-0.1, -0.05) is 174 Å². The van der Waals surface area contributed by atoms with E-state index in [2.05, 4.69) is 150 Å². The SMILES string of the molecule is CC(F)(F)F.CC(F)(F)F.CC(F)(F)F.CC12CCC(=O)CC1CCC1C2CCC2(C)C1CC[C@@]2(O)/C=C/c1ccccc1.CC1CCC2(C)C(CCC3C4CC[C@@](O)(/C=C/c5ccccc5)C4CCC32)C1.CCC12CCC3=C4CCC(=O)C=C4CCC3C1CC[C@@]2(O)/C=C/c1ccccc1. The molecule has 15 rings (SSSR count). The largest absolute Gasteiger partial charge is 0.386 e. The van der Waals surface area contributed by atoms with E-state index in [0.29, 0.717) is 58.4 Å². The van der Waals surface area contributed by atoms with Crippen LogP contribution in [0.1, 0.15) is 245 Å². The standard InChI is InChI=1S/C27H36O2.C27H32O2.C27H38O.3C2H3F3/c1-25-14-11-21(28)18-20(25)8-9-22-23(25)12-15-26(2)24(22)13-17-27(26,29)16-10-19-6-4-3-5-7-19;1-2-26-15-13-23-22-11-9-21(28)18-20(22)8-10-24(23)25(26)14-17-27(26,29)16-12-19-6-4-3-5-7-19;1-19-12-15-26(2)21(18-19)8-9-22-23-14-17-27(28,25(23)11-10-24(22)26)16-13-20-6-4-3-5-7-20;3*1-2(3,4)5/h3-7,10,16,20,22-24,29H,8-9,11-15,17-18H2,1-2H3;3-7,12,16,18,24-25,29H,2,8-11,13-15,17H2,1H3;3-7,13,16,19,21-25,28H,8-12,14-15,17-18H2,1-2H3;3*1H3/b16-10+;16-12+;16-13+;;;/t20?,22?,23?,24?,25?,26?,27-;24?,25?,26?,27-;19?,21?,22?,23?,24?,25?,26?,27-;;;/m000.../s1. The summed E-state index contributed by atoms with van der Waals surface area (Å²) in [6.07, 6.45) is 33.4. The molecule has 0 radical (unpaired) electrons. The van der Waals surface area contributed by atoms with Crippen LogP contribution >= 0.6 is 0 Å². The Morgan fingerprint density at radius 3 is 1.55 bits per heavy atom. The Balaban J connectivity index is 0.000000148. The highest BCUT2D eigenvalue weighted by Crippen LogP contribution is 2.70. The van der Waals surface area contributed by atoms with E-state index in [0.717, 1.165) is 143 Å². The van der Waals surface area contributed by atoms with Crippen molar-refractivity contribution in [3.05, 3.63) is 149 Å². The number of carbonyl (C=O) groups is 2. The zero-order valence-electron chi connectivity index (χ0n) is 61.3. The van der Waals surface area contributed by atoms with Gasteiger partial charge in [0.2, 0.25) is 0 Å². The van der Waals surface area contributed by atoms with Crippen molar-refractivity contribution in [3.63, 3.8) is 0 Å². The lowest BCUT2D eigenvalue weighted by Gasteiger charge is -2.60. The number of alkyl halides is 9. The molecular formula is C87H115F9O5. The third-order valence-electron chi connectivity index (χ3n) is 28.4. The number of aliphatic hydroxyl groups is 3. The molecular weight excluding hydrogens is 1300 g/mol. The second-order valence-electron chi connectivity index (χ2n) is 34.1. The number of benzene rings is 3. The molecule has 14 heteroatoms. The minimum atomic E-state index is -4.00. The van der Waals surface area contributed by atoms with Crippen LogP contribution in [0.2, 0.25) is 0 Å². The highest BCUT2D eigenvalue weighted by molar-refractivity contribution is 5.93. The molecule has 3 aromatic rings. The first-order valence-corrected chi connectivity index (χ1v) is 38.5. The van der Waals surface area contributed by atoms with Gasteiger partial charge >= 0.3 is 18.5 Å². The van der Waals surface area contributed by atoms with Gasteiger partial charge in [-0.25, -0.2) is 0 Å². The normalized spacial score (nSPS) is 39.1. The number of rotatable bonds is 7. The number of Topliss-reactive ketones (excluding diaryl/α,β-unsaturated/α-hetero) is 1. The molecule has 3 aromatic carbocycles. The number of ketones is 2. The minimum absolute atomic E-state index is 0.0152. The van der Waals surface area contributed by atoms with Crippen LogP contribution in [0.3, 0.4) is 0 Å². The van der Waals surface area contributed by atoms with E-state index in [4.69, 9.17) is 0 Å². The molecule has 12 aliphatic rings. The second kappa shape index (κ2) is 31.2. The number of carbonyl (C=O) groups excluding carboxylic acids is 2. The average Bonchev–Trinajstić information content (AvgIpc) is 1.58. The van der Waals surface area contributed by atoms with Crippen LogP contribution in [-0.4, -0.2) is 62.2 Å². The first-order chi connectivity index (χ1) is 47.4. The van der Waals surface area contributed by atoms with Crippen molar-refractivity contribution >= 4 is 29.8 Å². The fourth-order valence-electron chi connectivity index (χ4n) is 23.6. The summed E-state index contributed by atoms with van der Waals surface area (Å²) in [6.45, 7) is 12.8. The molecule has 0 heterocycles. The lowest BCUT2D eigenvalue weighted by Crippen LogP contribution is -2.56.